The highest BCUT2D eigenvalue weighted by molar-refractivity contribution is 5.69. The van der Waals surface area contributed by atoms with Gasteiger partial charge in [-0.15, -0.1) is 0 Å². The number of hydrogen-bond donors (Lipinski definition) is 1. The molecule has 0 aliphatic rings. The molecule has 0 heterocycles. The molecule has 1 aromatic carbocycles. The molecule has 0 aromatic heterocycles. The molecule has 94 valence electrons. The maximum Gasteiger partial charge on any atom is 0.305 e. The molecule has 1 rings (SSSR count). The van der Waals surface area contributed by atoms with Gasteiger partial charge in [-0.2, -0.15) is 0 Å². The first-order chi connectivity index (χ1) is 8.13. The number of carbonyl (C=O) groups is 1. The molecule has 0 radical (unpaired) electrons. The van der Waals surface area contributed by atoms with Gasteiger partial charge in [0.25, 0.3) is 0 Å². The van der Waals surface area contributed by atoms with Gasteiger partial charge in [0.2, 0.25) is 0 Å². The third kappa shape index (κ3) is 4.91. The number of rotatable bonds is 6. The molecule has 0 amide bonds. The molecule has 0 aliphatic carbocycles. The van der Waals surface area contributed by atoms with Crippen molar-refractivity contribution in [2.24, 2.45) is 0 Å². The zero-order valence-corrected chi connectivity index (χ0v) is 9.63. The van der Waals surface area contributed by atoms with Crippen LogP contribution in [0.1, 0.15) is 18.4 Å². The number of benzene rings is 1. The zero-order chi connectivity index (χ0) is 12.7. The summed E-state index contributed by atoms with van der Waals surface area (Å²) in [7, 11) is 1.33. The summed E-state index contributed by atoms with van der Waals surface area (Å²) in [6.07, 6.45) is 0.915. The molecule has 17 heavy (non-hydrogen) atoms. The lowest BCUT2D eigenvalue weighted by molar-refractivity contribution is -0.140. The van der Waals surface area contributed by atoms with Gasteiger partial charge in [-0.1, -0.05) is 0 Å². The minimum Gasteiger partial charge on any atom is -0.469 e. The number of esters is 1. The average Bonchev–Trinajstić information content (AvgIpc) is 2.32. The van der Waals surface area contributed by atoms with Crippen molar-refractivity contribution < 1.29 is 18.3 Å². The second-order valence-corrected chi connectivity index (χ2v) is 3.59. The summed E-state index contributed by atoms with van der Waals surface area (Å²) in [6.45, 7) is 0.788. The van der Waals surface area contributed by atoms with Gasteiger partial charge in [-0.3, -0.25) is 4.79 Å². The molecule has 1 aromatic rings. The molecule has 0 bridgehead atoms. The van der Waals surface area contributed by atoms with E-state index in [1.807, 2.05) is 0 Å². The number of carbonyl (C=O) groups excluding carboxylic acids is 1. The maximum atomic E-state index is 13.2. The Bertz CT molecular complexity index is 383. The highest BCUT2D eigenvalue weighted by Crippen LogP contribution is 2.09. The number of methoxy groups -OCH3 is 1. The van der Waals surface area contributed by atoms with Crippen LogP contribution in [0.25, 0.3) is 0 Å². The minimum absolute atomic E-state index is 0.241. The topological polar surface area (TPSA) is 38.3 Å². The summed E-state index contributed by atoms with van der Waals surface area (Å²) >= 11 is 0. The van der Waals surface area contributed by atoms with Crippen molar-refractivity contribution in [3.8, 4) is 0 Å². The quantitative estimate of drug-likeness (QED) is 0.613. The van der Waals surface area contributed by atoms with Crippen LogP contribution in [-0.4, -0.2) is 19.6 Å². The lowest BCUT2D eigenvalue weighted by atomic mass is 10.2. The summed E-state index contributed by atoms with van der Waals surface area (Å²) in [4.78, 5) is 10.8. The largest absolute Gasteiger partial charge is 0.469 e. The monoisotopic (exact) mass is 243 g/mol. The van der Waals surface area contributed by atoms with E-state index in [2.05, 4.69) is 10.1 Å². The third-order valence-electron chi connectivity index (χ3n) is 2.29. The van der Waals surface area contributed by atoms with Crippen molar-refractivity contribution in [2.45, 2.75) is 19.4 Å². The molecule has 3 nitrogen and oxygen atoms in total. The molecular formula is C12H15F2NO2. The highest BCUT2D eigenvalue weighted by Gasteiger charge is 2.03. The molecule has 0 fully saturated rings. The Hall–Kier alpha value is -1.49. The molecule has 1 N–H and O–H groups in total. The van der Waals surface area contributed by atoms with Crippen LogP contribution in [0.2, 0.25) is 0 Å². The SMILES string of the molecule is COC(=O)CCCNCc1cc(F)ccc1F. The molecule has 0 atom stereocenters. The summed E-state index contributed by atoms with van der Waals surface area (Å²) in [5.41, 5.74) is 0.281. The fourth-order valence-corrected chi connectivity index (χ4v) is 1.36. The smallest absolute Gasteiger partial charge is 0.305 e. The van der Waals surface area contributed by atoms with E-state index in [-0.39, 0.29) is 18.1 Å². The van der Waals surface area contributed by atoms with Gasteiger partial charge in [-0.05, 0) is 31.2 Å². The molecule has 5 heteroatoms. The fourth-order valence-electron chi connectivity index (χ4n) is 1.36. The number of halogens is 2. The Kier molecular flexibility index (Phi) is 5.56. The van der Waals surface area contributed by atoms with Crippen molar-refractivity contribution in [3.63, 3.8) is 0 Å². The van der Waals surface area contributed by atoms with Crippen LogP contribution in [0.4, 0.5) is 8.78 Å². The van der Waals surface area contributed by atoms with E-state index in [0.29, 0.717) is 19.4 Å². The Morgan fingerprint density at radius 2 is 2.18 bits per heavy atom. The van der Waals surface area contributed by atoms with E-state index in [1.165, 1.54) is 7.11 Å². The number of nitrogens with one attached hydrogen (secondary N) is 1. The van der Waals surface area contributed by atoms with Crippen LogP contribution in [0.15, 0.2) is 18.2 Å². The van der Waals surface area contributed by atoms with Gasteiger partial charge in [0.05, 0.1) is 7.11 Å². The number of hydrogen-bond acceptors (Lipinski definition) is 3. The Labute approximate surface area is 98.8 Å². The highest BCUT2D eigenvalue weighted by atomic mass is 19.1. The van der Waals surface area contributed by atoms with Crippen LogP contribution in [-0.2, 0) is 16.1 Å². The molecular weight excluding hydrogens is 228 g/mol. The summed E-state index contributed by atoms with van der Waals surface area (Å²) < 4.78 is 30.5. The van der Waals surface area contributed by atoms with Crippen molar-refractivity contribution in [1.29, 1.82) is 0 Å². The predicted molar refractivity (Wildman–Crippen MR) is 59.3 cm³/mol. The van der Waals surface area contributed by atoms with Crippen molar-refractivity contribution in [3.05, 3.63) is 35.4 Å². The van der Waals surface area contributed by atoms with Crippen LogP contribution >= 0.6 is 0 Å². The number of ether oxygens (including phenoxy) is 1. The van der Waals surface area contributed by atoms with Crippen LogP contribution in [0.5, 0.6) is 0 Å². The van der Waals surface area contributed by atoms with E-state index in [9.17, 15) is 13.6 Å². The molecule has 0 unspecified atom stereocenters. The van der Waals surface area contributed by atoms with E-state index in [4.69, 9.17) is 0 Å². The average molecular weight is 243 g/mol. The van der Waals surface area contributed by atoms with E-state index in [1.54, 1.807) is 0 Å². The van der Waals surface area contributed by atoms with Crippen molar-refractivity contribution >= 4 is 5.97 Å². The fraction of sp³-hybridized carbons (Fsp3) is 0.417. The standard InChI is InChI=1S/C12H15F2NO2/c1-17-12(16)3-2-6-15-8-9-7-10(13)4-5-11(9)14/h4-5,7,15H,2-3,6,8H2,1H3. The molecule has 0 spiro atoms. The van der Waals surface area contributed by atoms with Crippen molar-refractivity contribution in [2.75, 3.05) is 13.7 Å². The van der Waals surface area contributed by atoms with E-state index < -0.39 is 11.6 Å². The predicted octanol–water partition coefficient (Wildman–Crippen LogP) is 2.01. The maximum absolute atomic E-state index is 13.2. The Morgan fingerprint density at radius 1 is 1.41 bits per heavy atom. The van der Waals surface area contributed by atoms with E-state index in [0.717, 1.165) is 18.2 Å². The Balaban J connectivity index is 2.26. The first-order valence-electron chi connectivity index (χ1n) is 5.35. The van der Waals surface area contributed by atoms with Gasteiger partial charge in [-0.25, -0.2) is 8.78 Å². The summed E-state index contributed by atoms with van der Waals surface area (Å²) in [6, 6.07) is 3.33. The summed E-state index contributed by atoms with van der Waals surface area (Å²) in [5, 5.41) is 2.93. The molecule has 0 saturated heterocycles. The van der Waals surface area contributed by atoms with Crippen LogP contribution < -0.4 is 5.32 Å². The summed E-state index contributed by atoms with van der Waals surface area (Å²) in [5.74, 6) is -1.17. The zero-order valence-electron chi connectivity index (χ0n) is 9.63. The molecule has 0 aliphatic heterocycles. The minimum atomic E-state index is -0.460. The second kappa shape index (κ2) is 6.96. The van der Waals surface area contributed by atoms with Gasteiger partial charge in [0.15, 0.2) is 0 Å². The van der Waals surface area contributed by atoms with Gasteiger partial charge in [0, 0.05) is 18.5 Å². The van der Waals surface area contributed by atoms with Gasteiger partial charge in [0.1, 0.15) is 11.6 Å². The third-order valence-corrected chi connectivity index (χ3v) is 2.29. The first kappa shape index (κ1) is 13.6. The lowest BCUT2D eigenvalue weighted by Gasteiger charge is -2.05. The Morgan fingerprint density at radius 3 is 2.88 bits per heavy atom. The normalized spacial score (nSPS) is 10.3. The van der Waals surface area contributed by atoms with Gasteiger partial charge < -0.3 is 10.1 Å². The van der Waals surface area contributed by atoms with E-state index >= 15 is 0 Å². The van der Waals surface area contributed by atoms with Crippen LogP contribution in [0.3, 0.4) is 0 Å². The first-order valence-corrected chi connectivity index (χ1v) is 5.35. The lowest BCUT2D eigenvalue weighted by Crippen LogP contribution is -2.17. The molecule has 0 saturated carbocycles. The second-order valence-electron chi connectivity index (χ2n) is 3.59. The van der Waals surface area contributed by atoms with Crippen LogP contribution in [0, 0.1) is 11.6 Å². The van der Waals surface area contributed by atoms with Gasteiger partial charge >= 0.3 is 5.97 Å². The van der Waals surface area contributed by atoms with Crippen molar-refractivity contribution in [1.82, 2.24) is 5.32 Å².